The maximum atomic E-state index is 12.1. The Morgan fingerprint density at radius 3 is 2.29 bits per heavy atom. The molecule has 4 aromatic rings. The largest absolute Gasteiger partial charge is 0.505 e. The number of nitrogens with two attached hydrogens (primary N) is 1. The van der Waals surface area contributed by atoms with E-state index in [0.717, 1.165) is 11.3 Å². The third-order valence-corrected chi connectivity index (χ3v) is 6.09. The van der Waals surface area contributed by atoms with Crippen LogP contribution in [0.2, 0.25) is 0 Å². The lowest BCUT2D eigenvalue weighted by atomic mass is 10.1. The number of hydrogen-bond donors (Lipinski definition) is 4. The summed E-state index contributed by atoms with van der Waals surface area (Å²) < 4.78 is 33.9. The molecule has 0 bridgehead atoms. The van der Waals surface area contributed by atoms with Gasteiger partial charge in [-0.05, 0) is 54.8 Å². The Hall–Kier alpha value is -4.35. The summed E-state index contributed by atoms with van der Waals surface area (Å²) in [4.78, 5) is -0.607. The maximum absolute atomic E-state index is 12.1. The molecule has 0 fully saturated rings. The lowest BCUT2D eigenvalue weighted by molar-refractivity contribution is 0.472. The number of rotatable bonds is 6. The molecule has 178 valence electrons. The van der Waals surface area contributed by atoms with Crippen LogP contribution in [0.15, 0.2) is 92.1 Å². The van der Waals surface area contributed by atoms with E-state index in [1.54, 1.807) is 37.4 Å². The van der Waals surface area contributed by atoms with Crippen molar-refractivity contribution >= 4 is 55.0 Å². The third-order valence-electron chi connectivity index (χ3n) is 5.22. The van der Waals surface area contributed by atoms with E-state index in [1.807, 2.05) is 25.1 Å². The first-order valence-corrected chi connectivity index (χ1v) is 11.8. The van der Waals surface area contributed by atoms with E-state index in [1.165, 1.54) is 18.2 Å². The molecule has 0 aliphatic heterocycles. The highest BCUT2D eigenvalue weighted by Gasteiger charge is 2.24. The van der Waals surface area contributed by atoms with E-state index in [0.29, 0.717) is 11.4 Å². The van der Waals surface area contributed by atoms with Crippen molar-refractivity contribution in [3.8, 4) is 5.75 Å². The van der Waals surface area contributed by atoms with Crippen molar-refractivity contribution in [2.45, 2.75) is 11.8 Å². The van der Waals surface area contributed by atoms with E-state index < -0.39 is 26.5 Å². The zero-order valence-electron chi connectivity index (χ0n) is 18.8. The Kier molecular flexibility index (Phi) is 6.45. The Labute approximate surface area is 201 Å². The van der Waals surface area contributed by atoms with Crippen molar-refractivity contribution in [2.24, 2.45) is 20.5 Å². The van der Waals surface area contributed by atoms with Gasteiger partial charge in [-0.25, -0.2) is 0 Å². The first-order chi connectivity index (χ1) is 16.7. The monoisotopic (exact) mass is 490 g/mol. The van der Waals surface area contributed by atoms with Gasteiger partial charge in [-0.3, -0.25) is 4.55 Å². The number of anilines is 2. The number of nitrogens with zero attached hydrogens (tertiary/aromatic N) is 4. The zero-order valence-corrected chi connectivity index (χ0v) is 19.7. The highest BCUT2D eigenvalue weighted by molar-refractivity contribution is 7.86. The van der Waals surface area contributed by atoms with Gasteiger partial charge in [-0.15, -0.1) is 10.2 Å². The summed E-state index contributed by atoms with van der Waals surface area (Å²) in [6.45, 7) is 1.96. The number of nitrogen functional groups attached to an aromatic ring is 1. The number of aromatic hydroxyl groups is 1. The fourth-order valence-electron chi connectivity index (χ4n) is 3.39. The van der Waals surface area contributed by atoms with Gasteiger partial charge in [0, 0.05) is 12.7 Å². The van der Waals surface area contributed by atoms with Crippen LogP contribution in [-0.4, -0.2) is 25.1 Å². The molecule has 0 amide bonds. The first-order valence-electron chi connectivity index (χ1n) is 10.4. The number of phenolic OH excluding ortho intramolecular Hbond substituents is 1. The van der Waals surface area contributed by atoms with Gasteiger partial charge in [0.15, 0.2) is 5.75 Å². The van der Waals surface area contributed by atoms with E-state index >= 15 is 0 Å². The molecule has 0 unspecified atom stereocenters. The number of benzene rings is 4. The standard InChI is InChI=1S/C24H22N6O4S/c1-14-6-9-16(10-7-14)27-29-19-11-8-15-12-20(35(32,33)34)23(24(31)21(15)22(19)25)30-28-18-5-3-4-17(13-18)26-2/h3-13,26,31H,25H2,1-2H3,(H,32,33,34). The molecule has 0 saturated carbocycles. The van der Waals surface area contributed by atoms with Gasteiger partial charge < -0.3 is 16.2 Å². The third kappa shape index (κ3) is 5.10. The molecule has 0 atom stereocenters. The van der Waals surface area contributed by atoms with Crippen molar-refractivity contribution in [3.63, 3.8) is 0 Å². The fourth-order valence-corrected chi connectivity index (χ4v) is 4.05. The average molecular weight is 491 g/mol. The lowest BCUT2D eigenvalue weighted by Gasteiger charge is -2.11. The van der Waals surface area contributed by atoms with E-state index in [2.05, 4.69) is 25.8 Å². The molecule has 5 N–H and O–H groups in total. The second-order valence-electron chi connectivity index (χ2n) is 7.68. The Morgan fingerprint density at radius 2 is 1.60 bits per heavy atom. The van der Waals surface area contributed by atoms with Crippen LogP contribution in [0, 0.1) is 6.92 Å². The van der Waals surface area contributed by atoms with Gasteiger partial charge in [0.05, 0.1) is 22.4 Å². The molecule has 35 heavy (non-hydrogen) atoms. The van der Waals surface area contributed by atoms with Crippen LogP contribution >= 0.6 is 0 Å². The fraction of sp³-hybridized carbons (Fsp3) is 0.0833. The van der Waals surface area contributed by atoms with Crippen molar-refractivity contribution in [2.75, 3.05) is 18.1 Å². The van der Waals surface area contributed by atoms with Crippen molar-refractivity contribution < 1.29 is 18.1 Å². The van der Waals surface area contributed by atoms with E-state index in [9.17, 15) is 18.1 Å². The molecule has 0 aliphatic carbocycles. The van der Waals surface area contributed by atoms with Gasteiger partial charge in [-0.2, -0.15) is 18.6 Å². The second kappa shape index (κ2) is 9.49. The molecule has 0 aliphatic rings. The van der Waals surface area contributed by atoms with Crippen LogP contribution < -0.4 is 11.1 Å². The smallest absolute Gasteiger partial charge is 0.296 e. The molecule has 4 aromatic carbocycles. The molecular weight excluding hydrogens is 468 g/mol. The quantitative estimate of drug-likeness (QED) is 0.136. The second-order valence-corrected chi connectivity index (χ2v) is 9.07. The maximum Gasteiger partial charge on any atom is 0.296 e. The van der Waals surface area contributed by atoms with Gasteiger partial charge in [0.1, 0.15) is 16.3 Å². The van der Waals surface area contributed by atoms with Crippen LogP contribution in [0.3, 0.4) is 0 Å². The summed E-state index contributed by atoms with van der Waals surface area (Å²) >= 11 is 0. The number of azo groups is 2. The number of fused-ring (bicyclic) bond motifs is 1. The average Bonchev–Trinajstić information content (AvgIpc) is 2.83. The lowest BCUT2D eigenvalue weighted by Crippen LogP contribution is -2.00. The van der Waals surface area contributed by atoms with Crippen molar-refractivity contribution in [3.05, 3.63) is 72.3 Å². The molecule has 11 heteroatoms. The number of nitrogens with one attached hydrogen (secondary N) is 1. The highest BCUT2D eigenvalue weighted by atomic mass is 32.2. The van der Waals surface area contributed by atoms with Gasteiger partial charge in [-0.1, -0.05) is 29.8 Å². The summed E-state index contributed by atoms with van der Waals surface area (Å²) in [5, 5.41) is 30.6. The van der Waals surface area contributed by atoms with E-state index in [-0.39, 0.29) is 22.1 Å². The molecule has 0 saturated heterocycles. The molecular formula is C24H22N6O4S. The Balaban J connectivity index is 1.85. The summed E-state index contributed by atoms with van der Waals surface area (Å²) in [7, 11) is -3.01. The van der Waals surface area contributed by atoms with Crippen LogP contribution in [0.1, 0.15) is 5.56 Å². The number of aryl methyl sites for hydroxylation is 1. The van der Waals surface area contributed by atoms with Gasteiger partial charge >= 0.3 is 0 Å². The minimum absolute atomic E-state index is 0.0615. The molecule has 0 heterocycles. The van der Waals surface area contributed by atoms with Crippen molar-refractivity contribution in [1.29, 1.82) is 0 Å². The van der Waals surface area contributed by atoms with Crippen LogP contribution in [0.25, 0.3) is 10.8 Å². The summed E-state index contributed by atoms with van der Waals surface area (Å²) in [5.41, 5.74) is 8.99. The molecule has 0 radical (unpaired) electrons. The molecule has 4 rings (SSSR count). The first kappa shape index (κ1) is 23.8. The summed E-state index contributed by atoms with van der Waals surface area (Å²) in [6.07, 6.45) is 0. The molecule has 10 nitrogen and oxygen atoms in total. The van der Waals surface area contributed by atoms with E-state index in [4.69, 9.17) is 5.73 Å². The van der Waals surface area contributed by atoms with Crippen LogP contribution in [0.4, 0.5) is 34.1 Å². The van der Waals surface area contributed by atoms with Crippen LogP contribution in [-0.2, 0) is 10.1 Å². The minimum Gasteiger partial charge on any atom is -0.505 e. The van der Waals surface area contributed by atoms with Crippen LogP contribution in [0.5, 0.6) is 5.75 Å². The zero-order chi connectivity index (χ0) is 25.2. The summed E-state index contributed by atoms with van der Waals surface area (Å²) in [5.74, 6) is -0.562. The highest BCUT2D eigenvalue weighted by Crippen LogP contribution is 2.46. The normalized spacial score (nSPS) is 12.1. The molecule has 0 aromatic heterocycles. The molecule has 0 spiro atoms. The summed E-state index contributed by atoms with van der Waals surface area (Å²) in [6, 6.07) is 18.5. The Bertz CT molecular complexity index is 1580. The van der Waals surface area contributed by atoms with Gasteiger partial charge in [0.2, 0.25) is 0 Å². The van der Waals surface area contributed by atoms with Gasteiger partial charge in [0.25, 0.3) is 10.1 Å². The minimum atomic E-state index is -4.75. The van der Waals surface area contributed by atoms with Crippen molar-refractivity contribution in [1.82, 2.24) is 0 Å². The predicted octanol–water partition coefficient (Wildman–Crippen LogP) is 6.56. The SMILES string of the molecule is CNc1cccc(N=Nc2c(S(=O)(=O)O)cc3ccc(N=Nc4ccc(C)cc4)c(N)c3c2O)c1. The number of hydrogen-bond acceptors (Lipinski definition) is 9. The Morgan fingerprint density at radius 1 is 0.886 bits per heavy atom. The predicted molar refractivity (Wildman–Crippen MR) is 135 cm³/mol. The number of phenols is 1. The topological polar surface area (TPSA) is 162 Å².